The highest BCUT2D eigenvalue weighted by Crippen LogP contribution is 2.43. The van der Waals surface area contributed by atoms with E-state index in [2.05, 4.69) is 20.6 Å². The van der Waals surface area contributed by atoms with Crippen molar-refractivity contribution in [2.45, 2.75) is 51.6 Å². The predicted octanol–water partition coefficient (Wildman–Crippen LogP) is 4.15. The van der Waals surface area contributed by atoms with Crippen LogP contribution in [-0.2, 0) is 4.79 Å². The summed E-state index contributed by atoms with van der Waals surface area (Å²) < 4.78 is 1.97. The van der Waals surface area contributed by atoms with Crippen molar-refractivity contribution in [3.8, 4) is 6.07 Å². The second-order valence-electron chi connectivity index (χ2n) is 9.14. The number of hydrogen-bond acceptors (Lipinski definition) is 8. The predicted molar refractivity (Wildman–Crippen MR) is 135 cm³/mol. The molecule has 1 aromatic carbocycles. The summed E-state index contributed by atoms with van der Waals surface area (Å²) in [5, 5.41) is 25.4. The first-order chi connectivity index (χ1) is 16.6. The number of anilines is 3. The molecule has 1 aliphatic carbocycles. The maximum atomic E-state index is 12.0. The van der Waals surface area contributed by atoms with E-state index in [1.165, 1.54) is 12.1 Å². The van der Waals surface area contributed by atoms with Crippen LogP contribution in [0.4, 0.5) is 17.6 Å². The monoisotopic (exact) mass is 516 g/mol. The second-order valence-corrected chi connectivity index (χ2v) is 9.96. The van der Waals surface area contributed by atoms with Gasteiger partial charge in [0.05, 0.1) is 40.2 Å². The number of nitriles is 1. The summed E-state index contributed by atoms with van der Waals surface area (Å²) in [6, 6.07) is 4.83. The molecule has 1 amide bonds. The minimum atomic E-state index is -0.557. The summed E-state index contributed by atoms with van der Waals surface area (Å²) in [6.45, 7) is 3.64. The van der Waals surface area contributed by atoms with Gasteiger partial charge in [0.1, 0.15) is 5.52 Å². The number of imidazole rings is 1. The van der Waals surface area contributed by atoms with Gasteiger partial charge >= 0.3 is 0 Å². The molecule has 10 nitrogen and oxygen atoms in total. The van der Waals surface area contributed by atoms with E-state index < -0.39 is 5.41 Å². The Kier molecular flexibility index (Phi) is 7.03. The van der Waals surface area contributed by atoms with Gasteiger partial charge in [0.2, 0.25) is 17.8 Å². The Morgan fingerprint density at radius 2 is 2.00 bits per heavy atom. The number of aliphatic hydroxyl groups is 1. The number of benzene rings is 1. The van der Waals surface area contributed by atoms with E-state index in [0.29, 0.717) is 60.0 Å². The molecule has 0 spiro atoms. The number of carbonyl (C=O) groups excluding carboxylic acids is 1. The van der Waals surface area contributed by atoms with Crippen LogP contribution in [0, 0.1) is 16.7 Å². The van der Waals surface area contributed by atoms with E-state index in [1.807, 2.05) is 24.5 Å². The number of nitrogens with one attached hydrogen (secondary N) is 2. The number of aliphatic hydroxyl groups excluding tert-OH is 1. The lowest BCUT2D eigenvalue weighted by Crippen LogP contribution is -2.38. The molecule has 35 heavy (non-hydrogen) atoms. The number of halogens is 2. The zero-order valence-corrected chi connectivity index (χ0v) is 20.9. The molecule has 1 atom stereocenters. The smallest absolute Gasteiger partial charge is 0.225 e. The van der Waals surface area contributed by atoms with Crippen LogP contribution >= 0.6 is 23.2 Å². The van der Waals surface area contributed by atoms with Gasteiger partial charge in [-0.3, -0.25) is 9.36 Å². The first-order valence-corrected chi connectivity index (χ1v) is 12.0. The van der Waals surface area contributed by atoms with Gasteiger partial charge in [0.25, 0.3) is 0 Å². The molecule has 0 unspecified atom stereocenters. The van der Waals surface area contributed by atoms with Gasteiger partial charge in [-0.1, -0.05) is 30.1 Å². The number of hydrogen-bond donors (Lipinski definition) is 4. The minimum absolute atomic E-state index is 0.0242. The van der Waals surface area contributed by atoms with Gasteiger partial charge in [0, 0.05) is 17.5 Å². The fourth-order valence-electron chi connectivity index (χ4n) is 4.27. The quantitative estimate of drug-likeness (QED) is 0.364. The van der Waals surface area contributed by atoms with Crippen LogP contribution in [0.3, 0.4) is 0 Å². The summed E-state index contributed by atoms with van der Waals surface area (Å²) in [5.74, 6) is 0.523. The topological polar surface area (TPSA) is 155 Å². The third-order valence-corrected chi connectivity index (χ3v) is 7.10. The normalized spacial score (nSPS) is 20.9. The third-order valence-electron chi connectivity index (χ3n) is 6.51. The summed E-state index contributed by atoms with van der Waals surface area (Å²) >= 11 is 12.8. The van der Waals surface area contributed by atoms with Crippen LogP contribution in [0.1, 0.15) is 51.1 Å². The van der Waals surface area contributed by atoms with E-state index in [9.17, 15) is 15.2 Å². The fourth-order valence-corrected chi connectivity index (χ4v) is 4.86. The Morgan fingerprint density at radius 3 is 2.57 bits per heavy atom. The Labute approximate surface area is 212 Å². The molecule has 0 aliphatic heterocycles. The first kappa shape index (κ1) is 25.0. The lowest BCUT2D eigenvalue weighted by Gasteiger charge is -2.35. The molecule has 2 aromatic heterocycles. The highest BCUT2D eigenvalue weighted by molar-refractivity contribution is 6.39. The molecular weight excluding hydrogens is 491 g/mol. The lowest BCUT2D eigenvalue weighted by molar-refractivity contribution is -0.128. The summed E-state index contributed by atoms with van der Waals surface area (Å²) in [5.41, 5.74) is 7.00. The molecule has 1 saturated carbocycles. The summed E-state index contributed by atoms with van der Waals surface area (Å²) in [4.78, 5) is 25.7. The van der Waals surface area contributed by atoms with Crippen molar-refractivity contribution in [2.75, 3.05) is 17.2 Å². The zero-order chi connectivity index (χ0) is 25.3. The van der Waals surface area contributed by atoms with Gasteiger partial charge in [-0.15, -0.1) is 0 Å². The van der Waals surface area contributed by atoms with Crippen LogP contribution < -0.4 is 16.4 Å². The highest BCUT2D eigenvalue weighted by Gasteiger charge is 2.37. The molecule has 2 heterocycles. The van der Waals surface area contributed by atoms with Crippen molar-refractivity contribution in [3.05, 3.63) is 33.9 Å². The van der Waals surface area contributed by atoms with Gasteiger partial charge in [-0.05, 0) is 44.7 Å². The fraction of sp³-hybridized carbons (Fsp3) is 0.435. The Morgan fingerprint density at radius 1 is 1.34 bits per heavy atom. The molecule has 0 saturated heterocycles. The van der Waals surface area contributed by atoms with Crippen molar-refractivity contribution < 1.29 is 9.90 Å². The molecule has 0 radical (unpaired) electrons. The first-order valence-electron chi connectivity index (χ1n) is 11.2. The number of rotatable bonds is 7. The average Bonchev–Trinajstić information content (AvgIpc) is 3.18. The van der Waals surface area contributed by atoms with Crippen molar-refractivity contribution in [1.82, 2.24) is 19.5 Å². The highest BCUT2D eigenvalue weighted by atomic mass is 35.5. The van der Waals surface area contributed by atoms with E-state index in [-0.39, 0.29) is 34.6 Å². The largest absolute Gasteiger partial charge is 0.394 e. The number of carbonyl (C=O) groups is 1. The molecule has 184 valence electrons. The molecule has 1 aliphatic rings. The Hall–Kier alpha value is -3.13. The van der Waals surface area contributed by atoms with Gasteiger partial charge in [-0.25, -0.2) is 9.97 Å². The number of amides is 1. The van der Waals surface area contributed by atoms with E-state index in [1.54, 1.807) is 6.20 Å². The Bertz CT molecular complexity index is 1290. The Balaban J connectivity index is 1.78. The molecule has 12 heteroatoms. The lowest BCUT2D eigenvalue weighted by atomic mass is 9.73. The van der Waals surface area contributed by atoms with Gasteiger partial charge < -0.3 is 21.5 Å². The third kappa shape index (κ3) is 4.98. The number of nitrogens with two attached hydrogens (primary N) is 1. The number of primary amides is 1. The van der Waals surface area contributed by atoms with Crippen LogP contribution in [0.15, 0.2) is 18.3 Å². The van der Waals surface area contributed by atoms with Crippen molar-refractivity contribution in [3.63, 3.8) is 0 Å². The van der Waals surface area contributed by atoms with Crippen LogP contribution in [0.25, 0.3) is 11.2 Å². The van der Waals surface area contributed by atoms with Crippen LogP contribution in [0.2, 0.25) is 10.0 Å². The van der Waals surface area contributed by atoms with Crippen molar-refractivity contribution >= 4 is 57.9 Å². The maximum absolute atomic E-state index is 12.0. The molecular formula is C23H26Cl2N8O2. The van der Waals surface area contributed by atoms with Crippen LogP contribution in [0.5, 0.6) is 0 Å². The average molecular weight is 517 g/mol. The molecule has 3 aromatic rings. The summed E-state index contributed by atoms with van der Waals surface area (Å²) in [6.07, 6.45) is 4.24. The molecule has 5 N–H and O–H groups in total. The number of nitrogens with zero attached hydrogens (tertiary/aromatic N) is 5. The van der Waals surface area contributed by atoms with Crippen LogP contribution in [-0.4, -0.2) is 43.2 Å². The van der Waals surface area contributed by atoms with Crippen molar-refractivity contribution in [2.24, 2.45) is 11.1 Å². The van der Waals surface area contributed by atoms with E-state index >= 15 is 0 Å². The maximum Gasteiger partial charge on any atom is 0.225 e. The number of aromatic nitrogens is 4. The number of fused-ring (bicyclic) bond motifs is 1. The second kappa shape index (κ2) is 9.85. The zero-order valence-electron chi connectivity index (χ0n) is 19.3. The molecule has 1 fully saturated rings. The SMILES string of the molecule is C[C@@H](CO)Nc1ncc2nc(Nc3c(Cl)cc(C#N)cc3Cl)n([C@H]3CC[C@](C)(C(N)=O)CC3)c2n1. The van der Waals surface area contributed by atoms with Crippen molar-refractivity contribution in [1.29, 1.82) is 5.26 Å². The van der Waals surface area contributed by atoms with E-state index in [0.717, 1.165) is 0 Å². The minimum Gasteiger partial charge on any atom is -0.394 e. The van der Waals surface area contributed by atoms with Gasteiger partial charge in [-0.2, -0.15) is 10.2 Å². The summed E-state index contributed by atoms with van der Waals surface area (Å²) in [7, 11) is 0. The standard InChI is InChI=1S/C23H26Cl2N8O2/c1-12(11-34)29-21-28-10-17-19(32-21)33(14-3-5-23(2,6-4-14)20(27)35)22(30-17)31-18-15(24)7-13(9-26)8-16(18)25/h7-8,10,12,14,34H,3-6,11H2,1-2H3,(H2,27,35)(H,30,31)(H,28,29,32)/t12-,14-,23-/m0/s1. The molecule has 4 rings (SSSR count). The van der Waals surface area contributed by atoms with E-state index in [4.69, 9.17) is 33.9 Å². The van der Waals surface area contributed by atoms with Gasteiger partial charge in [0.15, 0.2) is 5.65 Å². The molecule has 0 bridgehead atoms.